The molecule has 0 aliphatic heterocycles. The largest absolute Gasteiger partial charge is 0.465 e. The van der Waals surface area contributed by atoms with Gasteiger partial charge < -0.3 is 18.9 Å². The fraction of sp³-hybridized carbons (Fsp3) is 0.364. The molecule has 1 aromatic carbocycles. The molecule has 0 amide bonds. The lowest BCUT2D eigenvalue weighted by molar-refractivity contribution is -0.219. The molecule has 1 rings (SSSR count). The van der Waals surface area contributed by atoms with Gasteiger partial charge in [-0.05, 0) is 24.3 Å². The summed E-state index contributed by atoms with van der Waals surface area (Å²) in [6.07, 6.45) is 0. The summed E-state index contributed by atoms with van der Waals surface area (Å²) in [7, 11) is 4.27. The van der Waals surface area contributed by atoms with E-state index in [0.29, 0.717) is 11.3 Å². The topological polar surface area (TPSA) is 54.0 Å². The molecule has 0 heterocycles. The summed E-state index contributed by atoms with van der Waals surface area (Å²) >= 11 is 0. The van der Waals surface area contributed by atoms with Gasteiger partial charge in [0, 0.05) is 14.2 Å². The van der Waals surface area contributed by atoms with Crippen LogP contribution in [-0.2, 0) is 14.2 Å². The standard InChI is InChI=1S/C11H14O5/c1-13-10(12)8-4-6-9(7-5-8)16-11(14-2)15-3/h4-7,11H,1-3H3. The molecule has 0 atom stereocenters. The first kappa shape index (κ1) is 12.5. The Hall–Kier alpha value is -1.59. The molecule has 5 heteroatoms. The van der Waals surface area contributed by atoms with Crippen molar-refractivity contribution >= 4 is 5.97 Å². The average Bonchev–Trinajstić information content (AvgIpc) is 2.35. The molecule has 0 unspecified atom stereocenters. The van der Waals surface area contributed by atoms with E-state index in [1.54, 1.807) is 24.3 Å². The van der Waals surface area contributed by atoms with Crippen molar-refractivity contribution < 1.29 is 23.7 Å². The zero-order valence-electron chi connectivity index (χ0n) is 9.43. The van der Waals surface area contributed by atoms with E-state index >= 15 is 0 Å². The second kappa shape index (κ2) is 6.09. The highest BCUT2D eigenvalue weighted by atomic mass is 16.8. The Labute approximate surface area is 93.9 Å². The van der Waals surface area contributed by atoms with Crippen molar-refractivity contribution in [2.45, 2.75) is 6.48 Å². The number of carbonyl (C=O) groups excluding carboxylic acids is 1. The summed E-state index contributed by atoms with van der Waals surface area (Å²) < 4.78 is 19.6. The van der Waals surface area contributed by atoms with Crippen LogP contribution in [0.15, 0.2) is 24.3 Å². The zero-order valence-corrected chi connectivity index (χ0v) is 9.43. The van der Waals surface area contributed by atoms with Gasteiger partial charge in [-0.15, -0.1) is 0 Å². The molecule has 0 spiro atoms. The molecule has 0 aliphatic carbocycles. The lowest BCUT2D eigenvalue weighted by atomic mass is 10.2. The zero-order chi connectivity index (χ0) is 12.0. The molecule has 0 bridgehead atoms. The van der Waals surface area contributed by atoms with Crippen LogP contribution in [-0.4, -0.2) is 33.8 Å². The molecule has 0 saturated carbocycles. The Bertz CT molecular complexity index is 329. The first-order valence-corrected chi connectivity index (χ1v) is 4.62. The van der Waals surface area contributed by atoms with E-state index in [2.05, 4.69) is 4.74 Å². The Morgan fingerprint density at radius 1 is 1.06 bits per heavy atom. The van der Waals surface area contributed by atoms with Crippen molar-refractivity contribution in [2.24, 2.45) is 0 Å². The number of carbonyl (C=O) groups is 1. The number of rotatable bonds is 5. The van der Waals surface area contributed by atoms with E-state index in [9.17, 15) is 4.79 Å². The molecular weight excluding hydrogens is 212 g/mol. The summed E-state index contributed by atoms with van der Waals surface area (Å²) in [5.41, 5.74) is 0.459. The van der Waals surface area contributed by atoms with Crippen LogP contribution in [0.5, 0.6) is 5.75 Å². The molecule has 16 heavy (non-hydrogen) atoms. The highest BCUT2D eigenvalue weighted by molar-refractivity contribution is 5.89. The number of hydrogen-bond acceptors (Lipinski definition) is 5. The van der Waals surface area contributed by atoms with Crippen LogP contribution in [0.4, 0.5) is 0 Å². The van der Waals surface area contributed by atoms with Crippen LogP contribution in [0.1, 0.15) is 10.4 Å². The van der Waals surface area contributed by atoms with Gasteiger partial charge in [-0.2, -0.15) is 0 Å². The Morgan fingerprint density at radius 3 is 2.06 bits per heavy atom. The summed E-state index contributed by atoms with van der Waals surface area (Å²) in [6.45, 7) is -0.760. The van der Waals surface area contributed by atoms with Crippen LogP contribution in [0, 0.1) is 0 Å². The van der Waals surface area contributed by atoms with E-state index < -0.39 is 6.48 Å². The predicted molar refractivity (Wildman–Crippen MR) is 56.2 cm³/mol. The fourth-order valence-corrected chi connectivity index (χ4v) is 1.09. The Balaban J connectivity index is 2.67. The summed E-state index contributed by atoms with van der Waals surface area (Å²) in [6, 6.07) is 6.47. The van der Waals surface area contributed by atoms with Crippen LogP contribution < -0.4 is 4.74 Å². The summed E-state index contributed by atoms with van der Waals surface area (Å²) in [5.74, 6) is 0.155. The van der Waals surface area contributed by atoms with E-state index in [1.807, 2.05) is 0 Å². The maximum atomic E-state index is 11.1. The van der Waals surface area contributed by atoms with Crippen molar-refractivity contribution in [2.75, 3.05) is 21.3 Å². The number of benzene rings is 1. The molecule has 0 radical (unpaired) electrons. The maximum Gasteiger partial charge on any atom is 0.337 e. The van der Waals surface area contributed by atoms with Crippen molar-refractivity contribution in [3.05, 3.63) is 29.8 Å². The van der Waals surface area contributed by atoms with Gasteiger partial charge >= 0.3 is 12.4 Å². The van der Waals surface area contributed by atoms with Gasteiger partial charge in [-0.3, -0.25) is 0 Å². The number of methoxy groups -OCH3 is 3. The normalized spacial score (nSPS) is 10.2. The van der Waals surface area contributed by atoms with E-state index in [-0.39, 0.29) is 5.97 Å². The number of esters is 1. The van der Waals surface area contributed by atoms with E-state index in [1.165, 1.54) is 21.3 Å². The van der Waals surface area contributed by atoms with E-state index in [4.69, 9.17) is 14.2 Å². The third-order valence-corrected chi connectivity index (χ3v) is 1.89. The van der Waals surface area contributed by atoms with Crippen molar-refractivity contribution in [3.63, 3.8) is 0 Å². The molecule has 0 N–H and O–H groups in total. The minimum atomic E-state index is -0.760. The van der Waals surface area contributed by atoms with Gasteiger partial charge in [0.25, 0.3) is 0 Å². The highest BCUT2D eigenvalue weighted by Gasteiger charge is 2.08. The minimum Gasteiger partial charge on any atom is -0.465 e. The third-order valence-electron chi connectivity index (χ3n) is 1.89. The number of ether oxygens (including phenoxy) is 4. The third kappa shape index (κ3) is 3.22. The first-order chi connectivity index (χ1) is 7.71. The fourth-order valence-electron chi connectivity index (χ4n) is 1.09. The predicted octanol–water partition coefficient (Wildman–Crippen LogP) is 1.43. The number of hydrogen-bond donors (Lipinski definition) is 0. The highest BCUT2D eigenvalue weighted by Crippen LogP contribution is 2.14. The summed E-state index contributed by atoms with van der Waals surface area (Å²) in [4.78, 5) is 11.1. The lowest BCUT2D eigenvalue weighted by Gasteiger charge is -2.14. The van der Waals surface area contributed by atoms with Crippen molar-refractivity contribution in [3.8, 4) is 5.75 Å². The molecular formula is C11H14O5. The molecule has 1 aromatic rings. The monoisotopic (exact) mass is 226 g/mol. The molecule has 5 nitrogen and oxygen atoms in total. The average molecular weight is 226 g/mol. The first-order valence-electron chi connectivity index (χ1n) is 4.62. The van der Waals surface area contributed by atoms with Gasteiger partial charge in [0.05, 0.1) is 12.7 Å². The van der Waals surface area contributed by atoms with Gasteiger partial charge in [-0.1, -0.05) is 0 Å². The van der Waals surface area contributed by atoms with Crippen LogP contribution in [0.3, 0.4) is 0 Å². The molecule has 88 valence electrons. The molecule has 0 fully saturated rings. The molecule has 0 aliphatic rings. The maximum absolute atomic E-state index is 11.1. The van der Waals surface area contributed by atoms with Crippen LogP contribution >= 0.6 is 0 Å². The van der Waals surface area contributed by atoms with Gasteiger partial charge in [0.2, 0.25) is 0 Å². The van der Waals surface area contributed by atoms with Gasteiger partial charge in [0.15, 0.2) is 0 Å². The summed E-state index contributed by atoms with van der Waals surface area (Å²) in [5, 5.41) is 0. The second-order valence-electron chi connectivity index (χ2n) is 2.89. The Morgan fingerprint density at radius 2 is 1.62 bits per heavy atom. The molecule has 0 saturated heterocycles. The molecule has 0 aromatic heterocycles. The SMILES string of the molecule is COC(=O)c1ccc(OC(OC)OC)cc1. The van der Waals surface area contributed by atoms with E-state index in [0.717, 1.165) is 0 Å². The van der Waals surface area contributed by atoms with Gasteiger partial charge in [-0.25, -0.2) is 4.79 Å². The quantitative estimate of drug-likeness (QED) is 0.561. The van der Waals surface area contributed by atoms with Crippen LogP contribution in [0.2, 0.25) is 0 Å². The van der Waals surface area contributed by atoms with Crippen molar-refractivity contribution in [1.82, 2.24) is 0 Å². The van der Waals surface area contributed by atoms with Crippen molar-refractivity contribution in [1.29, 1.82) is 0 Å². The smallest absolute Gasteiger partial charge is 0.337 e. The lowest BCUT2D eigenvalue weighted by Crippen LogP contribution is -2.20. The minimum absolute atomic E-state index is 0.387. The Kier molecular flexibility index (Phi) is 4.75. The van der Waals surface area contributed by atoms with Crippen LogP contribution in [0.25, 0.3) is 0 Å². The van der Waals surface area contributed by atoms with Gasteiger partial charge in [0.1, 0.15) is 5.75 Å². The second-order valence-corrected chi connectivity index (χ2v) is 2.89.